The molecule has 0 radical (unpaired) electrons. The molecule has 0 atom stereocenters. The van der Waals surface area contributed by atoms with Gasteiger partial charge in [-0.2, -0.15) is 15.4 Å². The first-order chi connectivity index (χ1) is 11.3. The summed E-state index contributed by atoms with van der Waals surface area (Å²) in [6.45, 7) is 8.44. The minimum absolute atomic E-state index is 0.201. The third-order valence-corrected chi connectivity index (χ3v) is 3.83. The van der Waals surface area contributed by atoms with Crippen LogP contribution in [-0.2, 0) is 6.54 Å². The summed E-state index contributed by atoms with van der Waals surface area (Å²) in [4.78, 5) is 12.4. The molecule has 1 aromatic heterocycles. The van der Waals surface area contributed by atoms with Crippen LogP contribution in [-0.4, -0.2) is 26.9 Å². The summed E-state index contributed by atoms with van der Waals surface area (Å²) in [7, 11) is 0. The van der Waals surface area contributed by atoms with Crippen LogP contribution in [0.5, 0.6) is 5.75 Å². The average Bonchev–Trinajstić information content (AvgIpc) is 3.21. The smallest absolute Gasteiger partial charge is 0.274 e. The lowest BCUT2D eigenvalue weighted by atomic mass is 10.1. The van der Waals surface area contributed by atoms with Crippen molar-refractivity contribution >= 4 is 5.91 Å². The van der Waals surface area contributed by atoms with Crippen molar-refractivity contribution < 1.29 is 9.53 Å². The van der Waals surface area contributed by atoms with Crippen molar-refractivity contribution in [3.8, 4) is 5.75 Å². The predicted octanol–water partition coefficient (Wildman–Crippen LogP) is 3.10. The highest BCUT2D eigenvalue weighted by Gasteiger charge is 2.31. The van der Waals surface area contributed by atoms with E-state index in [2.05, 4.69) is 20.7 Å². The van der Waals surface area contributed by atoms with Crippen molar-refractivity contribution in [3.05, 3.63) is 40.7 Å². The van der Waals surface area contributed by atoms with Crippen LogP contribution in [0.3, 0.4) is 0 Å². The Balaban J connectivity index is 1.72. The van der Waals surface area contributed by atoms with Crippen LogP contribution in [0.2, 0.25) is 0 Å². The number of hydrogen-bond acceptors (Lipinski definition) is 4. The minimum atomic E-state index is -0.294. The number of amides is 1. The Morgan fingerprint density at radius 2 is 2.08 bits per heavy atom. The van der Waals surface area contributed by atoms with E-state index in [-0.39, 0.29) is 11.5 Å². The molecule has 1 fully saturated rings. The average molecular weight is 328 g/mol. The molecule has 0 saturated heterocycles. The molecule has 1 aromatic carbocycles. The van der Waals surface area contributed by atoms with Crippen LogP contribution in [0.15, 0.2) is 18.2 Å². The van der Waals surface area contributed by atoms with E-state index in [1.165, 1.54) is 0 Å². The van der Waals surface area contributed by atoms with Gasteiger partial charge in [0.05, 0.1) is 5.69 Å². The van der Waals surface area contributed by atoms with Gasteiger partial charge in [0.2, 0.25) is 0 Å². The zero-order valence-corrected chi connectivity index (χ0v) is 14.6. The molecule has 1 saturated carbocycles. The van der Waals surface area contributed by atoms with Crippen molar-refractivity contribution in [2.45, 2.75) is 58.6 Å². The van der Waals surface area contributed by atoms with Crippen LogP contribution in [0.25, 0.3) is 0 Å². The van der Waals surface area contributed by atoms with Crippen molar-refractivity contribution in [2.75, 3.05) is 0 Å². The van der Waals surface area contributed by atoms with Crippen molar-refractivity contribution in [1.29, 1.82) is 0 Å². The number of nitrogens with one attached hydrogen (secondary N) is 2. The van der Waals surface area contributed by atoms with Gasteiger partial charge < -0.3 is 10.1 Å². The van der Waals surface area contributed by atoms with Gasteiger partial charge in [-0.15, -0.1) is 0 Å². The summed E-state index contributed by atoms with van der Waals surface area (Å²) in [6, 6.07) is 6.00. The summed E-state index contributed by atoms with van der Waals surface area (Å²) in [6.07, 6.45) is 2.16. The molecule has 0 spiro atoms. The van der Waals surface area contributed by atoms with E-state index in [0.29, 0.717) is 18.2 Å². The highest BCUT2D eigenvalue weighted by atomic mass is 16.5. The Morgan fingerprint density at radius 1 is 1.33 bits per heavy atom. The second-order valence-electron chi connectivity index (χ2n) is 7.34. The van der Waals surface area contributed by atoms with E-state index >= 15 is 0 Å². The van der Waals surface area contributed by atoms with Crippen molar-refractivity contribution in [1.82, 2.24) is 20.7 Å². The van der Waals surface area contributed by atoms with E-state index in [0.717, 1.165) is 35.4 Å². The first-order valence-corrected chi connectivity index (χ1v) is 8.31. The van der Waals surface area contributed by atoms with Gasteiger partial charge in [0, 0.05) is 18.0 Å². The maximum absolute atomic E-state index is 12.4. The lowest BCUT2D eigenvalue weighted by Gasteiger charge is -2.23. The minimum Gasteiger partial charge on any atom is -0.488 e. The van der Waals surface area contributed by atoms with Gasteiger partial charge in [-0.3, -0.25) is 4.79 Å². The molecule has 1 aliphatic rings. The fourth-order valence-corrected chi connectivity index (χ4v) is 2.54. The molecule has 1 amide bonds. The lowest BCUT2D eigenvalue weighted by Crippen LogP contribution is -2.27. The van der Waals surface area contributed by atoms with E-state index in [9.17, 15) is 4.79 Å². The monoisotopic (exact) mass is 328 g/mol. The number of H-pyrrole nitrogens is 1. The third kappa shape index (κ3) is 3.93. The van der Waals surface area contributed by atoms with Crippen LogP contribution in [0, 0.1) is 6.92 Å². The van der Waals surface area contributed by atoms with Crippen molar-refractivity contribution in [2.24, 2.45) is 0 Å². The first kappa shape index (κ1) is 16.5. The highest BCUT2D eigenvalue weighted by molar-refractivity contribution is 5.93. The molecular formula is C18H24N4O2. The first-order valence-electron chi connectivity index (χ1n) is 8.31. The normalized spacial score (nSPS) is 14.5. The molecule has 6 heteroatoms. The summed E-state index contributed by atoms with van der Waals surface area (Å²) < 4.78 is 6.02. The van der Waals surface area contributed by atoms with Crippen LogP contribution in [0.1, 0.15) is 66.8 Å². The van der Waals surface area contributed by atoms with Crippen LogP contribution in [0.4, 0.5) is 0 Å². The highest BCUT2D eigenvalue weighted by Crippen LogP contribution is 2.39. The number of ether oxygens (including phenoxy) is 1. The van der Waals surface area contributed by atoms with Gasteiger partial charge in [0.15, 0.2) is 5.69 Å². The van der Waals surface area contributed by atoms with Gasteiger partial charge in [0.1, 0.15) is 11.4 Å². The molecule has 1 heterocycles. The number of nitrogens with zero attached hydrogens (tertiary/aromatic N) is 2. The van der Waals surface area contributed by atoms with Crippen molar-refractivity contribution in [3.63, 3.8) is 0 Å². The number of hydrogen-bond donors (Lipinski definition) is 2. The molecule has 0 aliphatic heterocycles. The van der Waals surface area contributed by atoms with E-state index in [4.69, 9.17) is 4.74 Å². The van der Waals surface area contributed by atoms with Crippen LogP contribution < -0.4 is 10.1 Å². The second kappa shape index (κ2) is 6.26. The largest absolute Gasteiger partial charge is 0.488 e. The summed E-state index contributed by atoms with van der Waals surface area (Å²) in [5.41, 5.74) is 2.96. The number of carbonyl (C=O) groups is 1. The maximum atomic E-state index is 12.4. The number of aryl methyl sites for hydroxylation is 1. The van der Waals surface area contributed by atoms with Gasteiger partial charge >= 0.3 is 0 Å². The molecule has 0 bridgehead atoms. The SMILES string of the molecule is Cc1ccc(CNC(=O)c2n[nH]nc2C2CC2)c(OC(C)(C)C)c1. The van der Waals surface area contributed by atoms with E-state index in [1.807, 2.05) is 45.9 Å². The lowest BCUT2D eigenvalue weighted by molar-refractivity contribution is 0.0943. The summed E-state index contributed by atoms with van der Waals surface area (Å²) in [5.74, 6) is 0.974. The third-order valence-electron chi connectivity index (χ3n) is 3.83. The summed E-state index contributed by atoms with van der Waals surface area (Å²) >= 11 is 0. The Labute approximate surface area is 142 Å². The number of rotatable bonds is 5. The molecule has 6 nitrogen and oxygen atoms in total. The molecule has 0 unspecified atom stereocenters. The quantitative estimate of drug-likeness (QED) is 0.884. The Kier molecular flexibility index (Phi) is 4.30. The summed E-state index contributed by atoms with van der Waals surface area (Å²) in [5, 5.41) is 13.6. The Morgan fingerprint density at radius 3 is 2.75 bits per heavy atom. The van der Waals surface area contributed by atoms with E-state index < -0.39 is 0 Å². The molecule has 128 valence electrons. The number of benzene rings is 1. The molecule has 2 N–H and O–H groups in total. The molecular weight excluding hydrogens is 304 g/mol. The number of carbonyl (C=O) groups excluding carboxylic acids is 1. The zero-order chi connectivity index (χ0) is 17.3. The fourth-order valence-electron chi connectivity index (χ4n) is 2.54. The van der Waals surface area contributed by atoms with E-state index in [1.54, 1.807) is 0 Å². The fraction of sp³-hybridized carbons (Fsp3) is 0.500. The molecule has 1 aliphatic carbocycles. The van der Waals surface area contributed by atoms with Gasteiger partial charge in [0.25, 0.3) is 5.91 Å². The van der Waals surface area contributed by atoms with Gasteiger partial charge in [-0.25, -0.2) is 0 Å². The number of aromatic amines is 1. The zero-order valence-electron chi connectivity index (χ0n) is 14.6. The predicted molar refractivity (Wildman–Crippen MR) is 91.1 cm³/mol. The Hall–Kier alpha value is -2.37. The maximum Gasteiger partial charge on any atom is 0.274 e. The number of aromatic nitrogens is 3. The topological polar surface area (TPSA) is 79.9 Å². The molecule has 3 rings (SSSR count). The second-order valence-corrected chi connectivity index (χ2v) is 7.34. The molecule has 24 heavy (non-hydrogen) atoms. The van der Waals surface area contributed by atoms with Crippen LogP contribution >= 0.6 is 0 Å². The standard InChI is InChI=1S/C18H24N4O2/c1-11-5-6-13(14(9-11)24-18(2,3)4)10-19-17(23)16-15(12-7-8-12)20-22-21-16/h5-6,9,12H,7-8,10H2,1-4H3,(H,19,23)(H,20,21,22). The van der Waals surface area contributed by atoms with Gasteiger partial charge in [-0.05, 0) is 52.2 Å². The Bertz CT molecular complexity index is 742. The van der Waals surface area contributed by atoms with Gasteiger partial charge in [-0.1, -0.05) is 12.1 Å². The molecule has 2 aromatic rings.